The molecule has 12 heavy (non-hydrogen) atoms. The molecule has 0 amide bonds. The number of rotatable bonds is 1. The molecular weight excluding hydrogens is 194 g/mol. The Morgan fingerprint density at radius 2 is 2.33 bits per heavy atom. The lowest BCUT2D eigenvalue weighted by atomic mass is 10.3. The van der Waals surface area contributed by atoms with Crippen molar-refractivity contribution in [3.05, 3.63) is 24.1 Å². The summed E-state index contributed by atoms with van der Waals surface area (Å²) in [6, 6.07) is 5.61. The summed E-state index contributed by atoms with van der Waals surface area (Å²) >= 11 is 9.80. The molecule has 0 bridgehead atoms. The molecule has 0 aliphatic carbocycles. The zero-order valence-corrected chi connectivity index (χ0v) is 7.77. The Morgan fingerprint density at radius 1 is 1.50 bits per heavy atom. The van der Waals surface area contributed by atoms with Crippen LogP contribution in [0.1, 0.15) is 5.89 Å². The molecule has 1 heterocycles. The highest BCUT2D eigenvalue weighted by Gasteiger charge is 2.05. The number of thiol groups is 1. The summed E-state index contributed by atoms with van der Waals surface area (Å²) in [5.74, 6) is 0.829. The third kappa shape index (κ3) is 1.19. The molecule has 0 fully saturated rings. The molecule has 2 aromatic rings. The Balaban J connectivity index is 2.74. The lowest BCUT2D eigenvalue weighted by molar-refractivity contribution is 0.549. The van der Waals surface area contributed by atoms with Crippen molar-refractivity contribution in [3.63, 3.8) is 0 Å². The van der Waals surface area contributed by atoms with E-state index in [0.717, 1.165) is 10.4 Å². The van der Waals surface area contributed by atoms with Crippen LogP contribution < -0.4 is 0 Å². The lowest BCUT2D eigenvalue weighted by Crippen LogP contribution is -1.72. The standard InChI is InChI=1S/C8H6ClNOS/c9-4-7-10-5-2-1-3-6(12)8(5)11-7/h1-3,12H,4H2. The molecule has 1 aromatic heterocycles. The fourth-order valence-corrected chi connectivity index (χ4v) is 1.40. The van der Waals surface area contributed by atoms with E-state index in [2.05, 4.69) is 17.6 Å². The van der Waals surface area contributed by atoms with E-state index >= 15 is 0 Å². The molecule has 62 valence electrons. The second kappa shape index (κ2) is 2.99. The summed E-state index contributed by atoms with van der Waals surface area (Å²) in [4.78, 5) is 4.93. The van der Waals surface area contributed by atoms with E-state index in [0.29, 0.717) is 17.4 Å². The second-order valence-electron chi connectivity index (χ2n) is 2.37. The van der Waals surface area contributed by atoms with Gasteiger partial charge in [0.05, 0.1) is 5.88 Å². The number of halogens is 1. The maximum absolute atomic E-state index is 5.57. The number of aromatic nitrogens is 1. The van der Waals surface area contributed by atoms with E-state index in [-0.39, 0.29) is 0 Å². The summed E-state index contributed by atoms with van der Waals surface area (Å²) in [6.45, 7) is 0. The smallest absolute Gasteiger partial charge is 0.210 e. The molecule has 0 atom stereocenters. The van der Waals surface area contributed by atoms with Crippen molar-refractivity contribution in [2.75, 3.05) is 0 Å². The number of para-hydroxylation sites is 1. The number of fused-ring (bicyclic) bond motifs is 1. The van der Waals surface area contributed by atoms with Gasteiger partial charge < -0.3 is 4.42 Å². The molecule has 0 saturated carbocycles. The monoisotopic (exact) mass is 199 g/mol. The zero-order valence-electron chi connectivity index (χ0n) is 6.12. The van der Waals surface area contributed by atoms with Crippen LogP contribution in [-0.4, -0.2) is 4.98 Å². The predicted octanol–water partition coefficient (Wildman–Crippen LogP) is 2.86. The molecular formula is C8H6ClNOS. The minimum absolute atomic E-state index is 0.294. The highest BCUT2D eigenvalue weighted by molar-refractivity contribution is 7.80. The molecule has 0 aliphatic heterocycles. The van der Waals surface area contributed by atoms with Crippen molar-refractivity contribution >= 4 is 35.3 Å². The van der Waals surface area contributed by atoms with Crippen LogP contribution in [0.15, 0.2) is 27.5 Å². The Kier molecular flexibility index (Phi) is 1.98. The first kappa shape index (κ1) is 7.95. The third-order valence-electron chi connectivity index (χ3n) is 1.55. The van der Waals surface area contributed by atoms with Crippen LogP contribution in [0, 0.1) is 0 Å². The van der Waals surface area contributed by atoms with E-state index in [1.165, 1.54) is 0 Å². The predicted molar refractivity (Wildman–Crippen MR) is 50.8 cm³/mol. The third-order valence-corrected chi connectivity index (χ3v) is 2.13. The summed E-state index contributed by atoms with van der Waals surface area (Å²) in [5.41, 5.74) is 1.51. The number of hydrogen-bond acceptors (Lipinski definition) is 3. The molecule has 0 N–H and O–H groups in total. The van der Waals surface area contributed by atoms with E-state index in [1.807, 2.05) is 18.2 Å². The lowest BCUT2D eigenvalue weighted by Gasteiger charge is -1.88. The fraction of sp³-hybridized carbons (Fsp3) is 0.125. The number of benzene rings is 1. The largest absolute Gasteiger partial charge is 0.438 e. The molecule has 2 nitrogen and oxygen atoms in total. The fourth-order valence-electron chi connectivity index (χ4n) is 1.04. The molecule has 2 rings (SSSR count). The first-order chi connectivity index (χ1) is 5.81. The van der Waals surface area contributed by atoms with Crippen LogP contribution >= 0.6 is 24.2 Å². The Morgan fingerprint density at radius 3 is 3.00 bits per heavy atom. The van der Waals surface area contributed by atoms with Crippen molar-refractivity contribution in [1.82, 2.24) is 4.98 Å². The molecule has 0 radical (unpaired) electrons. The van der Waals surface area contributed by atoms with Gasteiger partial charge in [0.25, 0.3) is 0 Å². The quantitative estimate of drug-likeness (QED) is 0.565. The maximum atomic E-state index is 5.57. The molecule has 4 heteroatoms. The SMILES string of the molecule is Sc1cccc2nc(CCl)oc12. The maximum Gasteiger partial charge on any atom is 0.210 e. The van der Waals surface area contributed by atoms with Gasteiger partial charge in [-0.05, 0) is 12.1 Å². The van der Waals surface area contributed by atoms with Crippen LogP contribution in [0.2, 0.25) is 0 Å². The number of hydrogen-bond donors (Lipinski definition) is 1. The highest BCUT2D eigenvalue weighted by atomic mass is 35.5. The number of alkyl halides is 1. The van der Waals surface area contributed by atoms with Gasteiger partial charge in [0.15, 0.2) is 5.58 Å². The van der Waals surface area contributed by atoms with Crippen molar-refractivity contribution in [2.45, 2.75) is 10.8 Å². The second-order valence-corrected chi connectivity index (χ2v) is 3.12. The van der Waals surface area contributed by atoms with E-state index in [4.69, 9.17) is 16.0 Å². The Bertz CT molecular complexity index is 412. The minimum atomic E-state index is 0.294. The summed E-state index contributed by atoms with van der Waals surface area (Å²) in [7, 11) is 0. The van der Waals surface area contributed by atoms with E-state index in [9.17, 15) is 0 Å². The van der Waals surface area contributed by atoms with Gasteiger partial charge in [-0.3, -0.25) is 0 Å². The number of oxazole rings is 1. The normalized spacial score (nSPS) is 10.8. The average molecular weight is 200 g/mol. The molecule has 0 aliphatic rings. The molecule has 0 spiro atoms. The zero-order chi connectivity index (χ0) is 8.55. The van der Waals surface area contributed by atoms with Gasteiger partial charge in [0, 0.05) is 4.90 Å². The Labute approximate surface area is 80.0 Å². The van der Waals surface area contributed by atoms with Gasteiger partial charge in [-0.15, -0.1) is 24.2 Å². The van der Waals surface area contributed by atoms with E-state index in [1.54, 1.807) is 0 Å². The first-order valence-corrected chi connectivity index (χ1v) is 4.43. The van der Waals surface area contributed by atoms with Gasteiger partial charge in [0.2, 0.25) is 5.89 Å². The molecule has 0 saturated heterocycles. The van der Waals surface area contributed by atoms with E-state index < -0.39 is 0 Å². The van der Waals surface area contributed by atoms with Crippen LogP contribution in [0.4, 0.5) is 0 Å². The van der Waals surface area contributed by atoms with Crippen LogP contribution in [0.3, 0.4) is 0 Å². The van der Waals surface area contributed by atoms with Crippen LogP contribution in [0.5, 0.6) is 0 Å². The van der Waals surface area contributed by atoms with Crippen molar-refractivity contribution in [1.29, 1.82) is 0 Å². The van der Waals surface area contributed by atoms with Gasteiger partial charge in [-0.1, -0.05) is 6.07 Å². The van der Waals surface area contributed by atoms with Crippen molar-refractivity contribution < 1.29 is 4.42 Å². The number of nitrogens with zero attached hydrogens (tertiary/aromatic N) is 1. The van der Waals surface area contributed by atoms with Crippen LogP contribution in [0.25, 0.3) is 11.1 Å². The Hall–Kier alpha value is -0.670. The van der Waals surface area contributed by atoms with Gasteiger partial charge in [-0.2, -0.15) is 0 Å². The van der Waals surface area contributed by atoms with Gasteiger partial charge in [0.1, 0.15) is 5.52 Å². The van der Waals surface area contributed by atoms with Crippen molar-refractivity contribution in [3.8, 4) is 0 Å². The van der Waals surface area contributed by atoms with Gasteiger partial charge >= 0.3 is 0 Å². The van der Waals surface area contributed by atoms with Gasteiger partial charge in [-0.25, -0.2) is 4.98 Å². The summed E-state index contributed by atoms with van der Waals surface area (Å²) < 4.78 is 5.33. The summed E-state index contributed by atoms with van der Waals surface area (Å²) in [6.07, 6.45) is 0. The summed E-state index contributed by atoms with van der Waals surface area (Å²) in [5, 5.41) is 0. The minimum Gasteiger partial charge on any atom is -0.438 e. The average Bonchev–Trinajstić information content (AvgIpc) is 2.49. The van der Waals surface area contributed by atoms with Crippen molar-refractivity contribution in [2.24, 2.45) is 0 Å². The van der Waals surface area contributed by atoms with Crippen LogP contribution in [-0.2, 0) is 5.88 Å². The molecule has 1 aromatic carbocycles. The topological polar surface area (TPSA) is 26.0 Å². The highest BCUT2D eigenvalue weighted by Crippen LogP contribution is 2.22. The first-order valence-electron chi connectivity index (χ1n) is 3.44. The molecule has 0 unspecified atom stereocenters.